The summed E-state index contributed by atoms with van der Waals surface area (Å²) in [7, 11) is 6.13. The summed E-state index contributed by atoms with van der Waals surface area (Å²) in [4.78, 5) is 19.3. The first-order chi connectivity index (χ1) is 12.4. The second kappa shape index (κ2) is 7.79. The van der Waals surface area contributed by atoms with E-state index in [1.807, 2.05) is 56.3 Å². The van der Waals surface area contributed by atoms with Crippen LogP contribution >= 0.6 is 0 Å². The van der Waals surface area contributed by atoms with Gasteiger partial charge in [-0.2, -0.15) is 0 Å². The molecule has 5 heteroatoms. The standard InChI is InChI=1S/C21H28N4O/c1-16-15-19(25-13-11-24(4)12-14-25)9-10-20(16)22-21(26)17-5-7-18(8-6-17)23(2)3/h5-10,15H,11-14H2,1-4H3,(H,22,26). The number of amides is 1. The Morgan fingerprint density at radius 1 is 1.00 bits per heavy atom. The predicted octanol–water partition coefficient (Wildman–Crippen LogP) is 3.07. The number of rotatable bonds is 4. The number of hydrogen-bond acceptors (Lipinski definition) is 4. The molecule has 1 amide bonds. The van der Waals surface area contributed by atoms with Crippen LogP contribution in [0.1, 0.15) is 15.9 Å². The zero-order chi connectivity index (χ0) is 18.7. The van der Waals surface area contributed by atoms with Crippen molar-refractivity contribution in [3.8, 4) is 0 Å². The first-order valence-corrected chi connectivity index (χ1v) is 9.07. The molecule has 5 nitrogen and oxygen atoms in total. The molecule has 1 saturated heterocycles. The van der Waals surface area contributed by atoms with Crippen molar-refractivity contribution < 1.29 is 4.79 Å². The molecule has 0 aromatic heterocycles. The molecule has 1 N–H and O–H groups in total. The minimum Gasteiger partial charge on any atom is -0.378 e. The van der Waals surface area contributed by atoms with Crippen LogP contribution in [0, 0.1) is 6.92 Å². The Balaban J connectivity index is 1.68. The summed E-state index contributed by atoms with van der Waals surface area (Å²) in [6.07, 6.45) is 0. The molecule has 0 atom stereocenters. The normalized spacial score (nSPS) is 15.0. The summed E-state index contributed by atoms with van der Waals surface area (Å²) < 4.78 is 0. The highest BCUT2D eigenvalue weighted by atomic mass is 16.1. The molecule has 0 spiro atoms. The number of aryl methyl sites for hydroxylation is 1. The lowest BCUT2D eigenvalue weighted by Gasteiger charge is -2.34. The van der Waals surface area contributed by atoms with E-state index in [1.54, 1.807) is 0 Å². The van der Waals surface area contributed by atoms with E-state index in [-0.39, 0.29) is 5.91 Å². The van der Waals surface area contributed by atoms with Gasteiger partial charge in [-0.1, -0.05) is 0 Å². The highest BCUT2D eigenvalue weighted by molar-refractivity contribution is 6.04. The van der Waals surface area contributed by atoms with Gasteiger partial charge in [0, 0.05) is 62.9 Å². The van der Waals surface area contributed by atoms with Crippen molar-refractivity contribution in [3.05, 3.63) is 53.6 Å². The fraction of sp³-hybridized carbons (Fsp3) is 0.381. The molecular formula is C21H28N4O. The molecule has 138 valence electrons. The van der Waals surface area contributed by atoms with Gasteiger partial charge in [0.05, 0.1) is 0 Å². The third-order valence-corrected chi connectivity index (χ3v) is 4.97. The number of piperazine rings is 1. The summed E-state index contributed by atoms with van der Waals surface area (Å²) in [6.45, 7) is 6.30. The summed E-state index contributed by atoms with van der Waals surface area (Å²) in [6, 6.07) is 13.9. The van der Waals surface area contributed by atoms with E-state index >= 15 is 0 Å². The zero-order valence-electron chi connectivity index (χ0n) is 16.1. The number of nitrogens with zero attached hydrogens (tertiary/aromatic N) is 3. The Morgan fingerprint density at radius 2 is 1.65 bits per heavy atom. The van der Waals surface area contributed by atoms with Crippen LogP contribution in [0.15, 0.2) is 42.5 Å². The van der Waals surface area contributed by atoms with E-state index in [4.69, 9.17) is 0 Å². The van der Waals surface area contributed by atoms with Crippen molar-refractivity contribution in [2.24, 2.45) is 0 Å². The van der Waals surface area contributed by atoms with Crippen LogP contribution < -0.4 is 15.1 Å². The Labute approximate surface area is 156 Å². The summed E-state index contributed by atoms with van der Waals surface area (Å²) in [5.41, 5.74) is 4.92. The molecule has 0 bridgehead atoms. The maximum atomic E-state index is 12.5. The number of nitrogens with one attached hydrogen (secondary N) is 1. The third-order valence-electron chi connectivity index (χ3n) is 4.97. The second-order valence-electron chi connectivity index (χ2n) is 7.18. The molecule has 1 aliphatic heterocycles. The Bertz CT molecular complexity index is 762. The van der Waals surface area contributed by atoms with Gasteiger partial charge in [0.25, 0.3) is 5.91 Å². The molecule has 3 rings (SSSR count). The van der Waals surface area contributed by atoms with Crippen molar-refractivity contribution in [1.29, 1.82) is 0 Å². The monoisotopic (exact) mass is 352 g/mol. The van der Waals surface area contributed by atoms with E-state index in [9.17, 15) is 4.79 Å². The van der Waals surface area contributed by atoms with Crippen molar-refractivity contribution in [3.63, 3.8) is 0 Å². The number of anilines is 3. The molecule has 1 fully saturated rings. The van der Waals surface area contributed by atoms with Gasteiger partial charge in [-0.3, -0.25) is 4.79 Å². The predicted molar refractivity (Wildman–Crippen MR) is 110 cm³/mol. The summed E-state index contributed by atoms with van der Waals surface area (Å²) in [5.74, 6) is -0.0780. The van der Waals surface area contributed by atoms with Gasteiger partial charge >= 0.3 is 0 Å². The second-order valence-corrected chi connectivity index (χ2v) is 7.18. The fourth-order valence-corrected chi connectivity index (χ4v) is 3.15. The lowest BCUT2D eigenvalue weighted by molar-refractivity contribution is 0.102. The van der Waals surface area contributed by atoms with E-state index in [0.717, 1.165) is 43.1 Å². The van der Waals surface area contributed by atoms with Crippen LogP contribution in [0.3, 0.4) is 0 Å². The largest absolute Gasteiger partial charge is 0.378 e. The molecule has 1 aliphatic rings. The molecule has 0 radical (unpaired) electrons. The van der Waals surface area contributed by atoms with Crippen molar-refractivity contribution in [1.82, 2.24) is 4.90 Å². The average Bonchev–Trinajstić information content (AvgIpc) is 2.64. The maximum Gasteiger partial charge on any atom is 0.255 e. The van der Waals surface area contributed by atoms with Crippen LogP contribution in [0.5, 0.6) is 0 Å². The topological polar surface area (TPSA) is 38.8 Å². The average molecular weight is 352 g/mol. The Hall–Kier alpha value is -2.53. The molecule has 0 saturated carbocycles. The van der Waals surface area contributed by atoms with Gasteiger partial charge in [0.15, 0.2) is 0 Å². The van der Waals surface area contributed by atoms with Crippen LogP contribution in [0.4, 0.5) is 17.1 Å². The first-order valence-electron chi connectivity index (χ1n) is 9.07. The third kappa shape index (κ3) is 4.17. The van der Waals surface area contributed by atoms with Gasteiger partial charge in [-0.15, -0.1) is 0 Å². The van der Waals surface area contributed by atoms with E-state index in [0.29, 0.717) is 5.56 Å². The van der Waals surface area contributed by atoms with Gasteiger partial charge in [0.1, 0.15) is 0 Å². The molecule has 0 aliphatic carbocycles. The molecule has 2 aromatic carbocycles. The number of carbonyl (C=O) groups is 1. The quantitative estimate of drug-likeness (QED) is 0.918. The van der Waals surface area contributed by atoms with Gasteiger partial charge in [-0.25, -0.2) is 0 Å². The molecule has 2 aromatic rings. The van der Waals surface area contributed by atoms with Crippen LogP contribution in [0.2, 0.25) is 0 Å². The number of carbonyl (C=O) groups excluding carboxylic acids is 1. The maximum absolute atomic E-state index is 12.5. The minimum atomic E-state index is -0.0780. The molecule has 26 heavy (non-hydrogen) atoms. The molecular weight excluding hydrogens is 324 g/mol. The minimum absolute atomic E-state index is 0.0780. The Kier molecular flexibility index (Phi) is 5.47. The summed E-state index contributed by atoms with van der Waals surface area (Å²) in [5, 5.41) is 3.03. The van der Waals surface area contributed by atoms with Gasteiger partial charge in [-0.05, 0) is 62.0 Å². The number of likely N-dealkylation sites (N-methyl/N-ethyl adjacent to an activating group) is 1. The van der Waals surface area contributed by atoms with E-state index in [1.165, 1.54) is 5.69 Å². The van der Waals surface area contributed by atoms with Gasteiger partial charge in [0.2, 0.25) is 0 Å². The lowest BCUT2D eigenvalue weighted by Crippen LogP contribution is -2.44. The number of hydrogen-bond donors (Lipinski definition) is 1. The first kappa shape index (κ1) is 18.3. The van der Waals surface area contributed by atoms with Crippen LogP contribution in [0.25, 0.3) is 0 Å². The Morgan fingerprint density at radius 3 is 2.23 bits per heavy atom. The number of benzene rings is 2. The van der Waals surface area contributed by atoms with Crippen LogP contribution in [-0.2, 0) is 0 Å². The molecule has 1 heterocycles. The summed E-state index contributed by atoms with van der Waals surface area (Å²) >= 11 is 0. The van der Waals surface area contributed by atoms with E-state index in [2.05, 4.69) is 34.3 Å². The highest BCUT2D eigenvalue weighted by Crippen LogP contribution is 2.24. The smallest absolute Gasteiger partial charge is 0.255 e. The van der Waals surface area contributed by atoms with Crippen molar-refractivity contribution >= 4 is 23.0 Å². The molecule has 0 unspecified atom stereocenters. The SMILES string of the molecule is Cc1cc(N2CCN(C)CC2)ccc1NC(=O)c1ccc(N(C)C)cc1. The van der Waals surface area contributed by atoms with Gasteiger partial charge < -0.3 is 20.0 Å². The van der Waals surface area contributed by atoms with E-state index < -0.39 is 0 Å². The van der Waals surface area contributed by atoms with Crippen molar-refractivity contribution in [2.45, 2.75) is 6.92 Å². The van der Waals surface area contributed by atoms with Crippen LogP contribution in [-0.4, -0.2) is 58.1 Å². The van der Waals surface area contributed by atoms with Crippen molar-refractivity contribution in [2.75, 3.05) is 62.4 Å². The lowest BCUT2D eigenvalue weighted by atomic mass is 10.1. The fourth-order valence-electron chi connectivity index (χ4n) is 3.15. The highest BCUT2D eigenvalue weighted by Gasteiger charge is 2.15. The zero-order valence-corrected chi connectivity index (χ0v) is 16.1.